The van der Waals surface area contributed by atoms with E-state index >= 15 is 0 Å². The van der Waals surface area contributed by atoms with E-state index in [4.69, 9.17) is 4.74 Å². The van der Waals surface area contributed by atoms with E-state index in [9.17, 15) is 0 Å². The van der Waals surface area contributed by atoms with E-state index in [1.807, 2.05) is 17.8 Å². The van der Waals surface area contributed by atoms with E-state index in [0.29, 0.717) is 12.6 Å². The smallest absolute Gasteiger partial charge is 0.146 e. The lowest BCUT2D eigenvalue weighted by molar-refractivity contribution is 0.180. The van der Waals surface area contributed by atoms with Crippen LogP contribution in [-0.2, 0) is 20.2 Å². The van der Waals surface area contributed by atoms with Crippen molar-refractivity contribution in [1.29, 1.82) is 0 Å². The zero-order valence-electron chi connectivity index (χ0n) is 15.0. The highest BCUT2D eigenvalue weighted by molar-refractivity contribution is 5.27. The van der Waals surface area contributed by atoms with Gasteiger partial charge in [0.2, 0.25) is 0 Å². The van der Waals surface area contributed by atoms with Crippen LogP contribution < -0.4 is 10.1 Å². The number of aromatic nitrogens is 2. The zero-order valence-corrected chi connectivity index (χ0v) is 15.0. The summed E-state index contributed by atoms with van der Waals surface area (Å²) in [5.41, 5.74) is 1.32. The number of aryl methyl sites for hydroxylation is 1. The van der Waals surface area contributed by atoms with Crippen LogP contribution in [0.4, 0.5) is 0 Å². The molecule has 25 heavy (non-hydrogen) atoms. The molecule has 2 aliphatic heterocycles. The van der Waals surface area contributed by atoms with E-state index in [-0.39, 0.29) is 0 Å². The third kappa shape index (κ3) is 3.88. The molecule has 0 aliphatic carbocycles. The van der Waals surface area contributed by atoms with Gasteiger partial charge >= 0.3 is 0 Å². The van der Waals surface area contributed by atoms with E-state index in [0.717, 1.165) is 24.2 Å². The molecule has 1 N–H and O–H groups in total. The molecule has 5 nitrogen and oxygen atoms in total. The number of benzene rings is 1. The number of hydrogen-bond donors (Lipinski definition) is 1. The number of imidazole rings is 1. The van der Waals surface area contributed by atoms with E-state index in [2.05, 4.69) is 39.5 Å². The molecule has 2 saturated heterocycles. The van der Waals surface area contributed by atoms with Crippen LogP contribution >= 0.6 is 0 Å². The number of rotatable bonds is 6. The lowest BCUT2D eigenvalue weighted by atomic mass is 9.99. The van der Waals surface area contributed by atoms with Gasteiger partial charge in [-0.2, -0.15) is 0 Å². The first kappa shape index (κ1) is 16.6. The summed E-state index contributed by atoms with van der Waals surface area (Å²) in [4.78, 5) is 6.96. The Kier molecular flexibility index (Phi) is 5.04. The van der Waals surface area contributed by atoms with Gasteiger partial charge in [0.1, 0.15) is 18.2 Å². The molecule has 2 fully saturated rings. The van der Waals surface area contributed by atoms with Crippen molar-refractivity contribution in [3.05, 3.63) is 48.0 Å². The Labute approximate surface area is 150 Å². The molecular weight excluding hydrogens is 312 g/mol. The molecule has 0 unspecified atom stereocenters. The fourth-order valence-electron chi connectivity index (χ4n) is 4.12. The van der Waals surface area contributed by atoms with Gasteiger partial charge in [-0.15, -0.1) is 0 Å². The molecule has 2 atom stereocenters. The van der Waals surface area contributed by atoms with Crippen molar-refractivity contribution in [3.8, 4) is 5.75 Å². The number of hydrogen-bond acceptors (Lipinski definition) is 4. The molecule has 2 aliphatic rings. The summed E-state index contributed by atoms with van der Waals surface area (Å²) in [5.74, 6) is 1.83. The molecule has 0 bridgehead atoms. The van der Waals surface area contributed by atoms with Gasteiger partial charge in [-0.1, -0.05) is 18.6 Å². The Morgan fingerprint density at radius 1 is 1.16 bits per heavy atom. The van der Waals surface area contributed by atoms with Gasteiger partial charge in [0.25, 0.3) is 0 Å². The number of piperidine rings is 1. The van der Waals surface area contributed by atoms with Crippen molar-refractivity contribution in [2.75, 3.05) is 13.1 Å². The predicted molar refractivity (Wildman–Crippen MR) is 98.4 cm³/mol. The van der Waals surface area contributed by atoms with Gasteiger partial charge in [-0.3, -0.25) is 4.90 Å². The van der Waals surface area contributed by atoms with Gasteiger partial charge < -0.3 is 14.6 Å². The Bertz CT molecular complexity index is 681. The van der Waals surface area contributed by atoms with Crippen LogP contribution in [0, 0.1) is 0 Å². The maximum Gasteiger partial charge on any atom is 0.146 e. The fraction of sp³-hybridized carbons (Fsp3) is 0.550. The molecule has 3 heterocycles. The van der Waals surface area contributed by atoms with Crippen LogP contribution in [0.5, 0.6) is 5.75 Å². The van der Waals surface area contributed by atoms with Gasteiger partial charge in [-0.05, 0) is 43.5 Å². The second-order valence-corrected chi connectivity index (χ2v) is 7.26. The minimum Gasteiger partial charge on any atom is -0.486 e. The lowest BCUT2D eigenvalue weighted by Crippen LogP contribution is -2.44. The second kappa shape index (κ2) is 7.58. The van der Waals surface area contributed by atoms with Crippen molar-refractivity contribution < 1.29 is 4.74 Å². The predicted octanol–water partition coefficient (Wildman–Crippen LogP) is 2.72. The van der Waals surface area contributed by atoms with Gasteiger partial charge in [0.15, 0.2) is 0 Å². The Balaban J connectivity index is 1.27. The van der Waals surface area contributed by atoms with Crippen LogP contribution in [0.15, 0.2) is 36.7 Å². The largest absolute Gasteiger partial charge is 0.486 e. The van der Waals surface area contributed by atoms with Crippen molar-refractivity contribution in [3.63, 3.8) is 0 Å². The molecular formula is C20H28N4O. The second-order valence-electron chi connectivity index (χ2n) is 7.26. The summed E-state index contributed by atoms with van der Waals surface area (Å²) in [5, 5.41) is 3.78. The van der Waals surface area contributed by atoms with Crippen LogP contribution in [0.25, 0.3) is 0 Å². The van der Waals surface area contributed by atoms with E-state index in [1.165, 1.54) is 44.3 Å². The number of nitrogens with one attached hydrogen (secondary N) is 1. The van der Waals surface area contributed by atoms with Crippen LogP contribution in [0.3, 0.4) is 0 Å². The van der Waals surface area contributed by atoms with Crippen molar-refractivity contribution in [1.82, 2.24) is 19.8 Å². The normalized spacial score (nSPS) is 23.6. The molecule has 2 aromatic rings. The third-order valence-corrected chi connectivity index (χ3v) is 5.64. The van der Waals surface area contributed by atoms with E-state index < -0.39 is 0 Å². The summed E-state index contributed by atoms with van der Waals surface area (Å²) in [6.07, 6.45) is 9.14. The SMILES string of the molecule is Cn1ccnc1COc1ccc(CN[C@@H]2CCN3CCCC[C@H]23)cc1. The minimum absolute atomic E-state index is 0.501. The quantitative estimate of drug-likeness (QED) is 0.878. The molecule has 0 saturated carbocycles. The average molecular weight is 340 g/mol. The highest BCUT2D eigenvalue weighted by Gasteiger charge is 2.34. The lowest BCUT2D eigenvalue weighted by Gasteiger charge is -2.32. The summed E-state index contributed by atoms with van der Waals surface area (Å²) in [6.45, 7) is 4.00. The molecule has 0 amide bonds. The molecule has 134 valence electrons. The molecule has 1 aromatic heterocycles. The van der Waals surface area contributed by atoms with Crippen LogP contribution in [-0.4, -0.2) is 39.6 Å². The monoisotopic (exact) mass is 340 g/mol. The van der Waals surface area contributed by atoms with Crippen molar-refractivity contribution >= 4 is 0 Å². The van der Waals surface area contributed by atoms with Gasteiger partial charge in [0.05, 0.1) is 0 Å². The summed E-state index contributed by atoms with van der Waals surface area (Å²) in [7, 11) is 1.98. The Hall–Kier alpha value is -1.85. The number of ether oxygens (including phenoxy) is 1. The topological polar surface area (TPSA) is 42.3 Å². The van der Waals surface area contributed by atoms with Crippen molar-refractivity contribution in [2.24, 2.45) is 7.05 Å². The number of nitrogens with zero attached hydrogens (tertiary/aromatic N) is 3. The van der Waals surface area contributed by atoms with E-state index in [1.54, 1.807) is 6.20 Å². The molecule has 0 spiro atoms. The first-order valence-electron chi connectivity index (χ1n) is 9.45. The maximum absolute atomic E-state index is 5.82. The summed E-state index contributed by atoms with van der Waals surface area (Å²) in [6, 6.07) is 9.85. The molecule has 1 aromatic carbocycles. The summed E-state index contributed by atoms with van der Waals surface area (Å²) < 4.78 is 7.81. The third-order valence-electron chi connectivity index (χ3n) is 5.64. The number of fused-ring (bicyclic) bond motifs is 1. The molecule has 0 radical (unpaired) electrons. The van der Waals surface area contributed by atoms with Crippen molar-refractivity contribution in [2.45, 2.75) is 50.9 Å². The van der Waals surface area contributed by atoms with Crippen LogP contribution in [0.1, 0.15) is 37.1 Å². The van der Waals surface area contributed by atoms with Crippen LogP contribution in [0.2, 0.25) is 0 Å². The first-order chi connectivity index (χ1) is 12.3. The van der Waals surface area contributed by atoms with Gasteiger partial charge in [-0.25, -0.2) is 4.98 Å². The highest BCUT2D eigenvalue weighted by atomic mass is 16.5. The molecule has 4 rings (SSSR count). The fourth-order valence-corrected chi connectivity index (χ4v) is 4.12. The maximum atomic E-state index is 5.82. The Morgan fingerprint density at radius 3 is 2.84 bits per heavy atom. The van der Waals surface area contributed by atoms with Gasteiger partial charge in [0, 0.05) is 44.6 Å². The standard InChI is InChI=1S/C20H28N4O/c1-23-13-10-21-20(23)15-25-17-7-5-16(6-8-17)14-22-18-9-12-24-11-3-2-4-19(18)24/h5-8,10,13,18-19,22H,2-4,9,11-12,14-15H2,1H3/t18-,19-/m1/s1. The average Bonchev–Trinajstić information content (AvgIpc) is 3.25. The molecule has 5 heteroatoms. The zero-order chi connectivity index (χ0) is 17.1. The Morgan fingerprint density at radius 2 is 2.04 bits per heavy atom. The summed E-state index contributed by atoms with van der Waals surface area (Å²) >= 11 is 0. The minimum atomic E-state index is 0.501. The first-order valence-corrected chi connectivity index (χ1v) is 9.45. The highest BCUT2D eigenvalue weighted by Crippen LogP contribution is 2.27.